The van der Waals surface area contributed by atoms with Crippen molar-refractivity contribution in [1.82, 2.24) is 0 Å². The summed E-state index contributed by atoms with van der Waals surface area (Å²) in [5.74, 6) is -0.525. The summed E-state index contributed by atoms with van der Waals surface area (Å²) in [5.41, 5.74) is 1.28. The van der Waals surface area contributed by atoms with Crippen molar-refractivity contribution in [2.24, 2.45) is 0 Å². The fourth-order valence-corrected chi connectivity index (χ4v) is 2.77. The first-order valence-electron chi connectivity index (χ1n) is 7.52. The molecule has 0 spiro atoms. The van der Waals surface area contributed by atoms with Crippen molar-refractivity contribution in [1.29, 1.82) is 0 Å². The quantitative estimate of drug-likeness (QED) is 0.655. The lowest BCUT2D eigenvalue weighted by molar-refractivity contribution is -0.0511. The van der Waals surface area contributed by atoms with Gasteiger partial charge in [-0.05, 0) is 25.1 Å². The molecule has 2 aromatic carbocycles. The van der Waals surface area contributed by atoms with Crippen molar-refractivity contribution in [2.45, 2.75) is 13.5 Å². The van der Waals surface area contributed by atoms with Crippen LogP contribution in [0.5, 0.6) is 11.5 Å². The number of halogens is 3. The lowest BCUT2D eigenvalue weighted by Crippen LogP contribution is -2.12. The minimum absolute atomic E-state index is 0.0836. The summed E-state index contributed by atoms with van der Waals surface area (Å²) in [4.78, 5) is 12.5. The maximum atomic E-state index is 12.5. The van der Waals surface area contributed by atoms with Crippen LogP contribution in [0.3, 0.4) is 0 Å². The number of carbonyl (C=O) groups excluding carboxylic acids is 1. The van der Waals surface area contributed by atoms with Gasteiger partial charge in [-0.2, -0.15) is 8.78 Å². The van der Waals surface area contributed by atoms with Gasteiger partial charge in [-0.25, -0.2) is 0 Å². The molecule has 0 bridgehead atoms. The Labute approximate surface area is 152 Å². The minimum atomic E-state index is -3.02. The summed E-state index contributed by atoms with van der Waals surface area (Å²) in [6.45, 7) is -1.29. The lowest BCUT2D eigenvalue weighted by atomic mass is 10.1. The van der Waals surface area contributed by atoms with E-state index in [2.05, 4.69) is 10.1 Å². The zero-order valence-corrected chi connectivity index (χ0v) is 14.6. The SMILES string of the molecule is COc1ccc(NC(=O)c2oc3c(Cl)cccc3c2C)cc1OC(F)F. The van der Waals surface area contributed by atoms with Crippen molar-refractivity contribution < 1.29 is 27.5 Å². The third-order valence-electron chi connectivity index (χ3n) is 3.76. The van der Waals surface area contributed by atoms with Gasteiger partial charge in [0, 0.05) is 22.7 Å². The van der Waals surface area contributed by atoms with Crippen LogP contribution in [0.15, 0.2) is 40.8 Å². The molecule has 0 radical (unpaired) electrons. The summed E-state index contributed by atoms with van der Waals surface area (Å²) in [5, 5.41) is 3.70. The van der Waals surface area contributed by atoms with Crippen LogP contribution in [-0.2, 0) is 0 Å². The molecule has 8 heteroatoms. The van der Waals surface area contributed by atoms with Crippen LogP contribution >= 0.6 is 11.6 Å². The number of methoxy groups -OCH3 is 1. The second-order valence-electron chi connectivity index (χ2n) is 5.37. The average Bonchev–Trinajstić information content (AvgIpc) is 2.93. The fraction of sp³-hybridized carbons (Fsp3) is 0.167. The molecule has 0 fully saturated rings. The van der Waals surface area contributed by atoms with Crippen molar-refractivity contribution in [3.63, 3.8) is 0 Å². The highest BCUT2D eigenvalue weighted by Gasteiger charge is 2.20. The molecule has 26 heavy (non-hydrogen) atoms. The summed E-state index contributed by atoms with van der Waals surface area (Å²) in [6, 6.07) is 9.36. The van der Waals surface area contributed by atoms with Gasteiger partial charge >= 0.3 is 6.61 Å². The molecule has 3 rings (SSSR count). The lowest BCUT2D eigenvalue weighted by Gasteiger charge is -2.12. The standard InChI is InChI=1S/C18H14ClF2NO4/c1-9-11-4-3-5-12(19)16(11)26-15(9)17(23)22-10-6-7-13(24-2)14(8-10)25-18(20)21/h3-8,18H,1-2H3,(H,22,23). The maximum absolute atomic E-state index is 12.5. The van der Waals surface area contributed by atoms with Crippen LogP contribution < -0.4 is 14.8 Å². The predicted octanol–water partition coefficient (Wildman–Crippen LogP) is 5.26. The van der Waals surface area contributed by atoms with E-state index in [4.69, 9.17) is 20.8 Å². The van der Waals surface area contributed by atoms with Crippen molar-refractivity contribution >= 4 is 34.2 Å². The molecule has 0 saturated heterocycles. The number of hydrogen-bond donors (Lipinski definition) is 1. The fourth-order valence-electron chi connectivity index (χ4n) is 2.56. The van der Waals surface area contributed by atoms with Gasteiger partial charge in [-0.15, -0.1) is 0 Å². The second kappa shape index (κ2) is 7.21. The van der Waals surface area contributed by atoms with E-state index in [-0.39, 0.29) is 22.9 Å². The zero-order chi connectivity index (χ0) is 18.8. The normalized spacial score (nSPS) is 11.0. The number of hydrogen-bond acceptors (Lipinski definition) is 4. The zero-order valence-electron chi connectivity index (χ0n) is 13.8. The monoisotopic (exact) mass is 381 g/mol. The van der Waals surface area contributed by atoms with Gasteiger partial charge in [0.1, 0.15) is 0 Å². The first-order valence-corrected chi connectivity index (χ1v) is 7.90. The molecule has 1 N–H and O–H groups in total. The van der Waals surface area contributed by atoms with Crippen LogP contribution in [0.2, 0.25) is 5.02 Å². The number of carbonyl (C=O) groups is 1. The van der Waals surface area contributed by atoms with Crippen LogP contribution in [0, 0.1) is 6.92 Å². The van der Waals surface area contributed by atoms with Gasteiger partial charge in [0.25, 0.3) is 5.91 Å². The molecule has 1 amide bonds. The highest BCUT2D eigenvalue weighted by Crippen LogP contribution is 2.33. The number of amides is 1. The molecule has 0 saturated carbocycles. The number of fused-ring (bicyclic) bond motifs is 1. The Morgan fingerprint density at radius 1 is 1.23 bits per heavy atom. The maximum Gasteiger partial charge on any atom is 0.387 e. The number of rotatable bonds is 5. The molecular weight excluding hydrogens is 368 g/mol. The third-order valence-corrected chi connectivity index (χ3v) is 4.06. The Kier molecular flexibility index (Phi) is 4.99. The van der Waals surface area contributed by atoms with E-state index in [1.54, 1.807) is 25.1 Å². The number of nitrogens with one attached hydrogen (secondary N) is 1. The number of para-hydroxylation sites is 1. The van der Waals surface area contributed by atoms with Crippen molar-refractivity contribution in [2.75, 3.05) is 12.4 Å². The van der Waals surface area contributed by atoms with Gasteiger partial charge < -0.3 is 19.2 Å². The van der Waals surface area contributed by atoms with E-state index in [1.807, 2.05) is 0 Å². The second-order valence-corrected chi connectivity index (χ2v) is 5.78. The number of aryl methyl sites for hydroxylation is 1. The van der Waals surface area contributed by atoms with Crippen molar-refractivity contribution in [3.8, 4) is 11.5 Å². The van der Waals surface area contributed by atoms with Crippen LogP contribution in [-0.4, -0.2) is 19.6 Å². The Morgan fingerprint density at radius 2 is 2.00 bits per heavy atom. The van der Waals surface area contributed by atoms with E-state index < -0.39 is 12.5 Å². The van der Waals surface area contributed by atoms with Gasteiger partial charge in [0.05, 0.1) is 12.1 Å². The molecular formula is C18H14ClF2NO4. The Hall–Kier alpha value is -2.80. The minimum Gasteiger partial charge on any atom is -0.493 e. The Balaban J connectivity index is 1.91. The van der Waals surface area contributed by atoms with E-state index in [1.165, 1.54) is 25.3 Å². The highest BCUT2D eigenvalue weighted by atomic mass is 35.5. The molecule has 0 atom stereocenters. The van der Waals surface area contributed by atoms with Crippen LogP contribution in [0.4, 0.5) is 14.5 Å². The smallest absolute Gasteiger partial charge is 0.387 e. The predicted molar refractivity (Wildman–Crippen MR) is 93.5 cm³/mol. The molecule has 1 heterocycles. The molecule has 3 aromatic rings. The Bertz CT molecular complexity index is 971. The van der Waals surface area contributed by atoms with Gasteiger partial charge in [0.15, 0.2) is 22.8 Å². The van der Waals surface area contributed by atoms with Crippen molar-refractivity contribution in [3.05, 3.63) is 52.7 Å². The van der Waals surface area contributed by atoms with E-state index in [9.17, 15) is 13.6 Å². The molecule has 0 unspecified atom stereocenters. The number of benzene rings is 2. The Morgan fingerprint density at radius 3 is 2.65 bits per heavy atom. The topological polar surface area (TPSA) is 60.7 Å². The number of alkyl halides is 2. The first kappa shape index (κ1) is 18.0. The largest absolute Gasteiger partial charge is 0.493 e. The molecule has 5 nitrogen and oxygen atoms in total. The van der Waals surface area contributed by atoms with E-state index >= 15 is 0 Å². The first-order chi connectivity index (χ1) is 12.4. The van der Waals surface area contributed by atoms with E-state index in [0.717, 1.165) is 5.39 Å². The molecule has 1 aromatic heterocycles. The summed E-state index contributed by atoms with van der Waals surface area (Å²) >= 11 is 6.08. The van der Waals surface area contributed by atoms with Gasteiger partial charge in [-0.1, -0.05) is 23.7 Å². The molecule has 136 valence electrons. The highest BCUT2D eigenvalue weighted by molar-refractivity contribution is 6.35. The van der Waals surface area contributed by atoms with Crippen LogP contribution in [0.1, 0.15) is 16.1 Å². The average molecular weight is 382 g/mol. The summed E-state index contributed by atoms with van der Waals surface area (Å²) < 4.78 is 40.0. The van der Waals surface area contributed by atoms with Gasteiger partial charge in [-0.3, -0.25) is 4.79 Å². The van der Waals surface area contributed by atoms with E-state index in [0.29, 0.717) is 16.2 Å². The molecule has 0 aliphatic rings. The number of anilines is 1. The van der Waals surface area contributed by atoms with Crippen LogP contribution in [0.25, 0.3) is 11.0 Å². The molecule has 0 aliphatic carbocycles. The summed E-state index contributed by atoms with van der Waals surface area (Å²) in [6.07, 6.45) is 0. The number of ether oxygens (including phenoxy) is 2. The summed E-state index contributed by atoms with van der Waals surface area (Å²) in [7, 11) is 1.33. The number of furan rings is 1. The molecule has 0 aliphatic heterocycles. The third kappa shape index (κ3) is 3.43. The van der Waals surface area contributed by atoms with Gasteiger partial charge in [0.2, 0.25) is 0 Å².